The normalized spacial score (nSPS) is 10.6. The van der Waals surface area contributed by atoms with E-state index in [1.165, 1.54) is 0 Å². The summed E-state index contributed by atoms with van der Waals surface area (Å²) in [5, 5.41) is 9.64. The topological polar surface area (TPSA) is 53.1 Å². The molecule has 0 atom stereocenters. The van der Waals surface area contributed by atoms with Crippen molar-refractivity contribution < 1.29 is 9.90 Å². The third-order valence-electron chi connectivity index (χ3n) is 2.07. The quantitative estimate of drug-likeness (QED) is 0.865. The molecule has 0 fully saturated rings. The number of carboxylic acids is 1. The van der Waals surface area contributed by atoms with E-state index in [9.17, 15) is 4.79 Å². The highest BCUT2D eigenvalue weighted by Gasteiger charge is 2.07. The zero-order valence-electron chi connectivity index (χ0n) is 7.25. The third-order valence-corrected chi connectivity index (χ3v) is 2.56. The number of fused-ring (bicyclic) bond motifs is 1. The van der Waals surface area contributed by atoms with Crippen LogP contribution in [0.5, 0.6) is 0 Å². The van der Waals surface area contributed by atoms with E-state index in [1.807, 2.05) is 18.2 Å². The van der Waals surface area contributed by atoms with Gasteiger partial charge in [0.1, 0.15) is 0 Å². The summed E-state index contributed by atoms with van der Waals surface area (Å²) < 4.78 is 0.980. The summed E-state index contributed by atoms with van der Waals surface area (Å²) >= 11 is 3.36. The zero-order valence-corrected chi connectivity index (χ0v) is 8.84. The van der Waals surface area contributed by atoms with Crippen LogP contribution in [0.15, 0.2) is 28.9 Å². The van der Waals surface area contributed by atoms with Crippen LogP contribution >= 0.6 is 15.9 Å². The smallest absolute Gasteiger partial charge is 0.307 e. The van der Waals surface area contributed by atoms with Crippen LogP contribution < -0.4 is 0 Å². The van der Waals surface area contributed by atoms with Gasteiger partial charge in [0.15, 0.2) is 0 Å². The minimum absolute atomic E-state index is 0.0572. The lowest BCUT2D eigenvalue weighted by molar-refractivity contribution is -0.136. The van der Waals surface area contributed by atoms with Crippen molar-refractivity contribution in [1.82, 2.24) is 4.98 Å². The molecule has 4 heteroatoms. The SMILES string of the molecule is O=C(O)Cc1c[nH]c2cc(Br)ccc12. The average Bonchev–Trinajstić information content (AvgIpc) is 2.47. The Bertz CT molecular complexity index is 490. The van der Waals surface area contributed by atoms with E-state index in [2.05, 4.69) is 20.9 Å². The predicted molar refractivity (Wildman–Crippen MR) is 57.3 cm³/mol. The largest absolute Gasteiger partial charge is 0.481 e. The summed E-state index contributed by atoms with van der Waals surface area (Å²) in [5.74, 6) is -0.811. The van der Waals surface area contributed by atoms with Gasteiger partial charge in [-0.3, -0.25) is 4.79 Å². The Kier molecular flexibility index (Phi) is 2.29. The molecule has 72 valence electrons. The van der Waals surface area contributed by atoms with Gasteiger partial charge in [-0.2, -0.15) is 0 Å². The van der Waals surface area contributed by atoms with Gasteiger partial charge in [-0.25, -0.2) is 0 Å². The van der Waals surface area contributed by atoms with Crippen molar-refractivity contribution in [3.63, 3.8) is 0 Å². The van der Waals surface area contributed by atoms with Gasteiger partial charge in [0, 0.05) is 21.6 Å². The number of hydrogen-bond acceptors (Lipinski definition) is 1. The van der Waals surface area contributed by atoms with Gasteiger partial charge >= 0.3 is 5.97 Å². The highest BCUT2D eigenvalue weighted by Crippen LogP contribution is 2.22. The second kappa shape index (κ2) is 3.46. The number of benzene rings is 1. The molecule has 2 aromatic rings. The Morgan fingerprint density at radius 1 is 1.50 bits per heavy atom. The number of hydrogen-bond donors (Lipinski definition) is 2. The summed E-state index contributed by atoms with van der Waals surface area (Å²) in [6.45, 7) is 0. The summed E-state index contributed by atoms with van der Waals surface area (Å²) in [7, 11) is 0. The van der Waals surface area contributed by atoms with E-state index in [0.717, 1.165) is 20.9 Å². The summed E-state index contributed by atoms with van der Waals surface area (Å²) in [6.07, 6.45) is 1.80. The third kappa shape index (κ3) is 1.65. The number of aromatic nitrogens is 1. The molecule has 0 unspecified atom stereocenters. The number of carbonyl (C=O) groups is 1. The van der Waals surface area contributed by atoms with Crippen molar-refractivity contribution >= 4 is 32.8 Å². The van der Waals surface area contributed by atoms with Gasteiger partial charge in [-0.15, -0.1) is 0 Å². The first kappa shape index (κ1) is 9.27. The minimum atomic E-state index is -0.811. The van der Waals surface area contributed by atoms with Gasteiger partial charge < -0.3 is 10.1 Å². The van der Waals surface area contributed by atoms with E-state index in [1.54, 1.807) is 6.20 Å². The Hall–Kier alpha value is -1.29. The number of rotatable bonds is 2. The van der Waals surface area contributed by atoms with Crippen molar-refractivity contribution in [1.29, 1.82) is 0 Å². The molecule has 1 aromatic carbocycles. The van der Waals surface area contributed by atoms with Crippen LogP contribution in [0.1, 0.15) is 5.56 Å². The van der Waals surface area contributed by atoms with Crippen LogP contribution in [-0.2, 0) is 11.2 Å². The molecule has 1 heterocycles. The molecule has 2 rings (SSSR count). The number of aromatic amines is 1. The Morgan fingerprint density at radius 3 is 3.00 bits per heavy atom. The average molecular weight is 254 g/mol. The highest BCUT2D eigenvalue weighted by atomic mass is 79.9. The van der Waals surface area contributed by atoms with Crippen molar-refractivity contribution in [3.8, 4) is 0 Å². The zero-order chi connectivity index (χ0) is 10.1. The molecule has 1 aromatic heterocycles. The van der Waals surface area contributed by atoms with Crippen molar-refractivity contribution in [2.45, 2.75) is 6.42 Å². The van der Waals surface area contributed by atoms with Gasteiger partial charge in [0.2, 0.25) is 0 Å². The highest BCUT2D eigenvalue weighted by molar-refractivity contribution is 9.10. The molecule has 0 aliphatic rings. The molecule has 0 radical (unpaired) electrons. The molecule has 0 aliphatic carbocycles. The van der Waals surface area contributed by atoms with Crippen LogP contribution in [-0.4, -0.2) is 16.1 Å². The maximum absolute atomic E-state index is 10.6. The molecular formula is C10H8BrNO2. The summed E-state index contributed by atoms with van der Waals surface area (Å²) in [4.78, 5) is 13.6. The number of aliphatic carboxylic acids is 1. The van der Waals surface area contributed by atoms with Gasteiger partial charge in [0.25, 0.3) is 0 Å². The van der Waals surface area contributed by atoms with Gasteiger partial charge in [0.05, 0.1) is 6.42 Å². The minimum Gasteiger partial charge on any atom is -0.481 e. The number of halogens is 1. The molecular weight excluding hydrogens is 246 g/mol. The summed E-state index contributed by atoms with van der Waals surface area (Å²) in [5.41, 5.74) is 1.77. The van der Waals surface area contributed by atoms with E-state index >= 15 is 0 Å². The van der Waals surface area contributed by atoms with E-state index in [-0.39, 0.29) is 6.42 Å². The van der Waals surface area contributed by atoms with Gasteiger partial charge in [-0.1, -0.05) is 22.0 Å². The fourth-order valence-corrected chi connectivity index (χ4v) is 1.83. The van der Waals surface area contributed by atoms with Crippen LogP contribution in [0, 0.1) is 0 Å². The first-order chi connectivity index (χ1) is 6.66. The number of H-pyrrole nitrogens is 1. The Labute approximate surface area is 88.9 Å². The molecule has 14 heavy (non-hydrogen) atoms. The predicted octanol–water partition coefficient (Wildman–Crippen LogP) is 2.56. The molecule has 0 saturated heterocycles. The number of nitrogens with one attached hydrogen (secondary N) is 1. The Balaban J connectivity index is 2.52. The van der Waals surface area contributed by atoms with Crippen LogP contribution in [0.25, 0.3) is 10.9 Å². The molecule has 0 spiro atoms. The second-order valence-corrected chi connectivity index (χ2v) is 3.99. The molecule has 0 aliphatic heterocycles. The van der Waals surface area contributed by atoms with E-state index in [4.69, 9.17) is 5.11 Å². The van der Waals surface area contributed by atoms with Crippen LogP contribution in [0.4, 0.5) is 0 Å². The lowest BCUT2D eigenvalue weighted by Gasteiger charge is -1.94. The lowest BCUT2D eigenvalue weighted by Crippen LogP contribution is -1.98. The van der Waals surface area contributed by atoms with E-state index in [0.29, 0.717) is 0 Å². The fraction of sp³-hybridized carbons (Fsp3) is 0.100. The molecule has 0 saturated carbocycles. The van der Waals surface area contributed by atoms with Crippen LogP contribution in [0.3, 0.4) is 0 Å². The lowest BCUT2D eigenvalue weighted by atomic mass is 10.1. The molecule has 0 amide bonds. The maximum atomic E-state index is 10.6. The molecule has 0 bridgehead atoms. The second-order valence-electron chi connectivity index (χ2n) is 3.07. The monoisotopic (exact) mass is 253 g/mol. The molecule has 3 nitrogen and oxygen atoms in total. The Morgan fingerprint density at radius 2 is 2.29 bits per heavy atom. The van der Waals surface area contributed by atoms with Crippen molar-refractivity contribution in [2.75, 3.05) is 0 Å². The van der Waals surface area contributed by atoms with Crippen molar-refractivity contribution in [2.24, 2.45) is 0 Å². The number of carboxylic acid groups (broad SMARTS) is 1. The first-order valence-electron chi connectivity index (χ1n) is 4.14. The molecule has 2 N–H and O–H groups in total. The fourth-order valence-electron chi connectivity index (χ4n) is 1.47. The van der Waals surface area contributed by atoms with Crippen molar-refractivity contribution in [3.05, 3.63) is 34.4 Å². The first-order valence-corrected chi connectivity index (χ1v) is 4.93. The van der Waals surface area contributed by atoms with Crippen LogP contribution in [0.2, 0.25) is 0 Å². The van der Waals surface area contributed by atoms with E-state index < -0.39 is 5.97 Å². The standard InChI is InChI=1S/C10H8BrNO2/c11-7-1-2-8-6(3-10(13)14)5-12-9(8)4-7/h1-2,4-5,12H,3H2,(H,13,14). The summed E-state index contributed by atoms with van der Waals surface area (Å²) in [6, 6.07) is 5.75. The maximum Gasteiger partial charge on any atom is 0.307 e. The van der Waals surface area contributed by atoms with Gasteiger partial charge in [-0.05, 0) is 17.7 Å².